The number of benzene rings is 1. The van der Waals surface area contributed by atoms with Gasteiger partial charge in [0, 0.05) is 50.9 Å². The Hall–Kier alpha value is -2.08. The van der Waals surface area contributed by atoms with E-state index in [0.29, 0.717) is 38.5 Å². The van der Waals surface area contributed by atoms with Gasteiger partial charge in [0.1, 0.15) is 0 Å². The number of alkyl halides is 1. The molecule has 1 aromatic carbocycles. The third-order valence-corrected chi connectivity index (χ3v) is 5.49. The molecule has 0 aromatic heterocycles. The third kappa shape index (κ3) is 5.22. The molecular formula is C20H26ClN3O3. The molecule has 0 bridgehead atoms. The first-order valence-corrected chi connectivity index (χ1v) is 10.1. The Bertz CT molecular complexity index is 674. The van der Waals surface area contributed by atoms with Crippen LogP contribution in [0.15, 0.2) is 30.3 Å². The number of likely N-dealkylation sites (tertiary alicyclic amines) is 2. The molecule has 3 rings (SSSR count). The maximum absolute atomic E-state index is 12.6. The van der Waals surface area contributed by atoms with Crippen molar-refractivity contribution in [2.24, 2.45) is 5.92 Å². The summed E-state index contributed by atoms with van der Waals surface area (Å²) < 4.78 is 0. The van der Waals surface area contributed by atoms with Gasteiger partial charge in [-0.3, -0.25) is 14.4 Å². The Morgan fingerprint density at radius 3 is 2.52 bits per heavy atom. The summed E-state index contributed by atoms with van der Waals surface area (Å²) in [7, 11) is 0. The molecule has 27 heavy (non-hydrogen) atoms. The van der Waals surface area contributed by atoms with E-state index in [9.17, 15) is 14.4 Å². The van der Waals surface area contributed by atoms with Crippen molar-refractivity contribution in [3.63, 3.8) is 0 Å². The van der Waals surface area contributed by atoms with Gasteiger partial charge >= 0.3 is 0 Å². The molecule has 2 saturated heterocycles. The number of rotatable bonds is 6. The monoisotopic (exact) mass is 391 g/mol. The molecule has 2 aliphatic heterocycles. The molecule has 2 heterocycles. The van der Waals surface area contributed by atoms with Crippen molar-refractivity contribution >= 4 is 29.3 Å². The van der Waals surface area contributed by atoms with Crippen molar-refractivity contribution < 1.29 is 14.4 Å². The van der Waals surface area contributed by atoms with Crippen molar-refractivity contribution in [2.45, 2.75) is 38.3 Å². The maximum atomic E-state index is 12.6. The first-order chi connectivity index (χ1) is 13.1. The van der Waals surface area contributed by atoms with Crippen molar-refractivity contribution in [1.82, 2.24) is 15.1 Å². The van der Waals surface area contributed by atoms with Crippen LogP contribution in [0.2, 0.25) is 0 Å². The second-order valence-electron chi connectivity index (χ2n) is 7.26. The summed E-state index contributed by atoms with van der Waals surface area (Å²) >= 11 is 5.62. The van der Waals surface area contributed by atoms with Crippen LogP contribution in [-0.4, -0.2) is 59.1 Å². The lowest BCUT2D eigenvalue weighted by molar-refractivity contribution is -0.132. The van der Waals surface area contributed by atoms with Crippen molar-refractivity contribution in [3.05, 3.63) is 35.9 Å². The van der Waals surface area contributed by atoms with Crippen LogP contribution in [0, 0.1) is 5.92 Å². The zero-order chi connectivity index (χ0) is 19.2. The van der Waals surface area contributed by atoms with Crippen LogP contribution in [0.4, 0.5) is 0 Å². The highest BCUT2D eigenvalue weighted by atomic mass is 35.5. The number of carbonyl (C=O) groups excluding carboxylic acids is 3. The molecule has 1 atom stereocenters. The van der Waals surface area contributed by atoms with E-state index in [1.54, 1.807) is 4.90 Å². The Labute approximate surface area is 164 Å². The van der Waals surface area contributed by atoms with E-state index in [4.69, 9.17) is 11.6 Å². The first-order valence-electron chi connectivity index (χ1n) is 9.52. The average molecular weight is 392 g/mol. The van der Waals surface area contributed by atoms with E-state index in [2.05, 4.69) is 5.32 Å². The lowest BCUT2D eigenvalue weighted by Gasteiger charge is -2.32. The predicted octanol–water partition coefficient (Wildman–Crippen LogP) is 1.77. The zero-order valence-corrected chi connectivity index (χ0v) is 16.2. The van der Waals surface area contributed by atoms with Gasteiger partial charge in [-0.2, -0.15) is 0 Å². The van der Waals surface area contributed by atoms with Gasteiger partial charge in [0.2, 0.25) is 17.7 Å². The minimum Gasteiger partial charge on any atom is -0.353 e. The summed E-state index contributed by atoms with van der Waals surface area (Å²) in [4.78, 5) is 40.3. The normalized spacial score (nSPS) is 20.8. The smallest absolute Gasteiger partial charge is 0.225 e. The van der Waals surface area contributed by atoms with Crippen LogP contribution in [0.25, 0.3) is 0 Å². The standard InChI is InChI=1S/C20H26ClN3O3/c21-9-6-18(25)23-10-7-17(8-11-23)22-20(27)16-12-19(26)24(14-16)13-15-4-2-1-3-5-15/h1-5,16-17H,6-14H2,(H,22,27). The largest absolute Gasteiger partial charge is 0.353 e. The Morgan fingerprint density at radius 2 is 1.85 bits per heavy atom. The van der Waals surface area contributed by atoms with Crippen LogP contribution >= 0.6 is 11.6 Å². The first kappa shape index (κ1) is 19.7. The maximum Gasteiger partial charge on any atom is 0.225 e. The average Bonchev–Trinajstić information content (AvgIpc) is 3.04. The lowest BCUT2D eigenvalue weighted by atomic mass is 10.0. The fraction of sp³-hybridized carbons (Fsp3) is 0.550. The number of halogens is 1. The molecule has 1 aromatic rings. The molecule has 6 nitrogen and oxygen atoms in total. The van der Waals surface area contributed by atoms with Crippen molar-refractivity contribution in [2.75, 3.05) is 25.5 Å². The Balaban J connectivity index is 1.45. The van der Waals surface area contributed by atoms with Gasteiger partial charge < -0.3 is 15.1 Å². The van der Waals surface area contributed by atoms with Crippen molar-refractivity contribution in [3.8, 4) is 0 Å². The van der Waals surface area contributed by atoms with Crippen LogP contribution in [-0.2, 0) is 20.9 Å². The van der Waals surface area contributed by atoms with E-state index < -0.39 is 0 Å². The van der Waals surface area contributed by atoms with E-state index >= 15 is 0 Å². The van der Waals surface area contributed by atoms with E-state index in [-0.39, 0.29) is 36.1 Å². The van der Waals surface area contributed by atoms with Gasteiger partial charge in [-0.1, -0.05) is 30.3 Å². The highest BCUT2D eigenvalue weighted by Crippen LogP contribution is 2.21. The molecule has 7 heteroatoms. The number of piperidine rings is 1. The molecule has 1 unspecified atom stereocenters. The number of carbonyl (C=O) groups is 3. The molecule has 3 amide bonds. The minimum absolute atomic E-state index is 0.0282. The molecule has 0 radical (unpaired) electrons. The van der Waals surface area contributed by atoms with E-state index in [0.717, 1.165) is 18.4 Å². The molecule has 2 aliphatic rings. The predicted molar refractivity (Wildman–Crippen MR) is 103 cm³/mol. The summed E-state index contributed by atoms with van der Waals surface area (Å²) in [6, 6.07) is 9.88. The van der Waals surface area contributed by atoms with Crippen LogP contribution in [0.1, 0.15) is 31.2 Å². The topological polar surface area (TPSA) is 69.7 Å². The summed E-state index contributed by atoms with van der Waals surface area (Å²) in [6.45, 7) is 2.30. The fourth-order valence-electron chi connectivity index (χ4n) is 3.74. The van der Waals surface area contributed by atoms with Gasteiger partial charge in [-0.15, -0.1) is 11.6 Å². The number of hydrogen-bond donors (Lipinski definition) is 1. The molecule has 146 valence electrons. The Kier molecular flexibility index (Phi) is 6.72. The van der Waals surface area contributed by atoms with E-state index in [1.807, 2.05) is 35.2 Å². The number of nitrogens with one attached hydrogen (secondary N) is 1. The summed E-state index contributed by atoms with van der Waals surface area (Å²) in [5, 5.41) is 3.08. The van der Waals surface area contributed by atoms with E-state index in [1.165, 1.54) is 0 Å². The second-order valence-corrected chi connectivity index (χ2v) is 7.64. The molecule has 2 fully saturated rings. The quantitative estimate of drug-likeness (QED) is 0.751. The van der Waals surface area contributed by atoms with Gasteiger partial charge in [0.15, 0.2) is 0 Å². The van der Waals surface area contributed by atoms with Gasteiger partial charge in [0.05, 0.1) is 5.92 Å². The minimum atomic E-state index is -0.294. The van der Waals surface area contributed by atoms with Gasteiger partial charge in [0.25, 0.3) is 0 Å². The fourth-order valence-corrected chi connectivity index (χ4v) is 3.90. The summed E-state index contributed by atoms with van der Waals surface area (Å²) in [5.74, 6) is 0.0970. The molecule has 0 aliphatic carbocycles. The molecular weight excluding hydrogens is 366 g/mol. The molecule has 0 saturated carbocycles. The molecule has 0 spiro atoms. The lowest BCUT2D eigenvalue weighted by Crippen LogP contribution is -2.48. The molecule has 1 N–H and O–H groups in total. The number of nitrogens with zero attached hydrogens (tertiary/aromatic N) is 2. The van der Waals surface area contributed by atoms with Gasteiger partial charge in [-0.05, 0) is 18.4 Å². The summed E-state index contributed by atoms with van der Waals surface area (Å²) in [5.41, 5.74) is 1.07. The number of hydrogen-bond acceptors (Lipinski definition) is 3. The second kappa shape index (κ2) is 9.22. The summed E-state index contributed by atoms with van der Waals surface area (Å²) in [6.07, 6.45) is 2.12. The van der Waals surface area contributed by atoms with Gasteiger partial charge in [-0.25, -0.2) is 0 Å². The third-order valence-electron chi connectivity index (χ3n) is 5.30. The highest BCUT2D eigenvalue weighted by molar-refractivity contribution is 6.18. The Morgan fingerprint density at radius 1 is 1.15 bits per heavy atom. The zero-order valence-electron chi connectivity index (χ0n) is 15.4. The number of amides is 3. The highest BCUT2D eigenvalue weighted by Gasteiger charge is 2.35. The van der Waals surface area contributed by atoms with Crippen LogP contribution in [0.5, 0.6) is 0 Å². The van der Waals surface area contributed by atoms with Crippen molar-refractivity contribution in [1.29, 1.82) is 0 Å². The van der Waals surface area contributed by atoms with Crippen LogP contribution < -0.4 is 5.32 Å². The van der Waals surface area contributed by atoms with Crippen LogP contribution in [0.3, 0.4) is 0 Å². The SMILES string of the molecule is O=C(NC1CCN(C(=O)CCCl)CC1)C1CC(=O)N(Cc2ccccc2)C1.